The number of nitrogens with zero attached hydrogens (tertiary/aromatic N) is 2. The molecular formula is C13H22N2O4. The maximum Gasteiger partial charge on any atom is 0.321 e. The van der Waals surface area contributed by atoms with Crippen molar-refractivity contribution in [1.29, 1.82) is 10.5 Å². The smallest absolute Gasteiger partial charge is 0.321 e. The summed E-state index contributed by atoms with van der Waals surface area (Å²) in [6.07, 6.45) is 1.49. The van der Waals surface area contributed by atoms with E-state index in [9.17, 15) is 9.59 Å². The van der Waals surface area contributed by atoms with Crippen LogP contribution in [0.2, 0.25) is 0 Å². The quantitative estimate of drug-likeness (QED) is 0.757. The molecule has 0 rings (SSSR count). The molecule has 0 aromatic carbocycles. The molecule has 0 fully saturated rings. The van der Waals surface area contributed by atoms with Crippen LogP contribution in [0.4, 0.5) is 0 Å². The average Bonchev–Trinajstić information content (AvgIpc) is 2.40. The maximum absolute atomic E-state index is 10.5. The zero-order valence-corrected chi connectivity index (χ0v) is 11.9. The number of carboxylic acids is 2. The fraction of sp³-hybridized carbons (Fsp3) is 0.692. The largest absolute Gasteiger partial charge is 0.480 e. The molecule has 0 heterocycles. The Labute approximate surface area is 114 Å². The molecule has 0 radical (unpaired) electrons. The number of carboxylic acid groups (broad SMARTS) is 2. The molecule has 0 saturated carbocycles. The van der Waals surface area contributed by atoms with Crippen LogP contribution in [0.15, 0.2) is 0 Å². The van der Waals surface area contributed by atoms with Crippen molar-refractivity contribution in [3.8, 4) is 12.1 Å². The lowest BCUT2D eigenvalue weighted by molar-refractivity contribution is -0.165. The molecule has 6 heteroatoms. The van der Waals surface area contributed by atoms with Gasteiger partial charge in [-0.3, -0.25) is 9.59 Å². The van der Waals surface area contributed by atoms with Gasteiger partial charge in [0.1, 0.15) is 0 Å². The molecule has 0 atom stereocenters. The van der Waals surface area contributed by atoms with Crippen molar-refractivity contribution in [3.05, 3.63) is 0 Å². The first-order valence-electron chi connectivity index (χ1n) is 6.05. The third-order valence-corrected chi connectivity index (χ3v) is 2.34. The van der Waals surface area contributed by atoms with E-state index in [4.69, 9.17) is 20.7 Å². The zero-order valence-electron chi connectivity index (χ0n) is 11.9. The Morgan fingerprint density at radius 2 is 1.11 bits per heavy atom. The van der Waals surface area contributed by atoms with Crippen LogP contribution in [0.25, 0.3) is 0 Å². The summed E-state index contributed by atoms with van der Waals surface area (Å²) in [4.78, 5) is 21.1. The van der Waals surface area contributed by atoms with E-state index in [-0.39, 0.29) is 12.8 Å². The van der Waals surface area contributed by atoms with E-state index in [0.29, 0.717) is 12.8 Å². The molecule has 0 aromatic heterocycles. The lowest BCUT2D eigenvalue weighted by Gasteiger charge is -2.20. The van der Waals surface area contributed by atoms with E-state index < -0.39 is 17.4 Å². The lowest BCUT2D eigenvalue weighted by Crippen LogP contribution is -2.38. The Hall–Kier alpha value is -2.08. The van der Waals surface area contributed by atoms with Crippen LogP contribution >= 0.6 is 0 Å². The summed E-state index contributed by atoms with van der Waals surface area (Å²) in [6, 6.07) is 3.86. The first kappa shape index (κ1) is 22.1. The fourth-order valence-corrected chi connectivity index (χ4v) is 0.946. The normalized spacial score (nSPS) is 8.53. The van der Waals surface area contributed by atoms with Crippen LogP contribution in [-0.2, 0) is 9.59 Å². The molecule has 0 aliphatic heterocycles. The number of aliphatic carboxylic acids is 2. The van der Waals surface area contributed by atoms with Gasteiger partial charge in [0.2, 0.25) is 0 Å². The number of nitriles is 2. The van der Waals surface area contributed by atoms with Crippen LogP contribution in [-0.4, -0.2) is 22.2 Å². The van der Waals surface area contributed by atoms with Gasteiger partial charge in [-0.1, -0.05) is 27.7 Å². The molecule has 0 bridgehead atoms. The predicted molar refractivity (Wildman–Crippen MR) is 70.1 cm³/mol. The second kappa shape index (κ2) is 14.0. The van der Waals surface area contributed by atoms with E-state index in [2.05, 4.69) is 0 Å². The monoisotopic (exact) mass is 270 g/mol. The highest BCUT2D eigenvalue weighted by Crippen LogP contribution is 2.26. The summed E-state index contributed by atoms with van der Waals surface area (Å²) >= 11 is 0. The number of carbonyl (C=O) groups is 2. The summed E-state index contributed by atoms with van der Waals surface area (Å²) in [5, 5.41) is 32.5. The zero-order chi connectivity index (χ0) is 15.9. The Bertz CT molecular complexity index is 306. The van der Waals surface area contributed by atoms with Gasteiger partial charge < -0.3 is 10.2 Å². The summed E-state index contributed by atoms with van der Waals surface area (Å²) in [5.74, 6) is -2.51. The topological polar surface area (TPSA) is 122 Å². The van der Waals surface area contributed by atoms with E-state index in [0.717, 1.165) is 0 Å². The highest BCUT2D eigenvalue weighted by molar-refractivity contribution is 5.98. The number of hydrogen-bond acceptors (Lipinski definition) is 4. The van der Waals surface area contributed by atoms with Gasteiger partial charge in [-0.25, -0.2) is 0 Å². The molecular weight excluding hydrogens is 248 g/mol. The van der Waals surface area contributed by atoms with Crippen molar-refractivity contribution in [2.75, 3.05) is 0 Å². The summed E-state index contributed by atoms with van der Waals surface area (Å²) < 4.78 is 0. The van der Waals surface area contributed by atoms with E-state index in [1.54, 1.807) is 13.8 Å². The van der Waals surface area contributed by atoms with Crippen molar-refractivity contribution in [2.24, 2.45) is 5.41 Å². The Morgan fingerprint density at radius 1 is 0.895 bits per heavy atom. The molecule has 0 aliphatic rings. The van der Waals surface area contributed by atoms with E-state index in [1.165, 1.54) is 0 Å². The van der Waals surface area contributed by atoms with Gasteiger partial charge in [-0.2, -0.15) is 10.5 Å². The summed E-state index contributed by atoms with van der Waals surface area (Å²) in [5.41, 5.74) is -1.58. The molecule has 0 amide bonds. The van der Waals surface area contributed by atoms with Gasteiger partial charge >= 0.3 is 11.9 Å². The highest BCUT2D eigenvalue weighted by atomic mass is 16.4. The molecule has 108 valence electrons. The fourth-order valence-electron chi connectivity index (χ4n) is 0.946. The van der Waals surface area contributed by atoms with Crippen molar-refractivity contribution in [3.63, 3.8) is 0 Å². The summed E-state index contributed by atoms with van der Waals surface area (Å²) in [6.45, 7) is 6.76. The lowest BCUT2D eigenvalue weighted by atomic mass is 9.83. The van der Waals surface area contributed by atoms with Crippen LogP contribution in [0, 0.1) is 28.1 Å². The van der Waals surface area contributed by atoms with Crippen LogP contribution < -0.4 is 0 Å². The average molecular weight is 270 g/mol. The molecule has 6 nitrogen and oxygen atoms in total. The Kier molecular flexibility index (Phi) is 16.3. The Morgan fingerprint density at radius 3 is 1.11 bits per heavy atom. The molecule has 0 aliphatic carbocycles. The molecule has 0 spiro atoms. The molecule has 0 unspecified atom stereocenters. The van der Waals surface area contributed by atoms with Crippen LogP contribution in [0.3, 0.4) is 0 Å². The minimum absolute atomic E-state index is 0.119. The van der Waals surface area contributed by atoms with E-state index >= 15 is 0 Å². The molecule has 0 aromatic rings. The van der Waals surface area contributed by atoms with Crippen molar-refractivity contribution in [2.45, 2.75) is 53.4 Å². The van der Waals surface area contributed by atoms with Crippen molar-refractivity contribution in [1.82, 2.24) is 0 Å². The summed E-state index contributed by atoms with van der Waals surface area (Å²) in [7, 11) is 0. The highest BCUT2D eigenvalue weighted by Gasteiger charge is 2.42. The van der Waals surface area contributed by atoms with Gasteiger partial charge in [-0.05, 0) is 12.8 Å². The minimum Gasteiger partial charge on any atom is -0.480 e. The molecule has 19 heavy (non-hydrogen) atoms. The van der Waals surface area contributed by atoms with Gasteiger partial charge in [0.05, 0.1) is 12.1 Å². The van der Waals surface area contributed by atoms with Gasteiger partial charge in [-0.15, -0.1) is 0 Å². The first-order chi connectivity index (χ1) is 8.84. The maximum atomic E-state index is 10.5. The molecule has 2 N–H and O–H groups in total. The minimum atomic E-state index is -1.58. The van der Waals surface area contributed by atoms with Crippen molar-refractivity contribution >= 4 is 11.9 Å². The van der Waals surface area contributed by atoms with Crippen LogP contribution in [0.1, 0.15) is 53.4 Å². The third-order valence-electron chi connectivity index (χ3n) is 2.34. The Balaban J connectivity index is -0.000000264. The number of rotatable bonds is 4. The van der Waals surface area contributed by atoms with Gasteiger partial charge in [0.15, 0.2) is 5.41 Å². The van der Waals surface area contributed by atoms with Gasteiger partial charge in [0, 0.05) is 12.8 Å². The second-order valence-corrected chi connectivity index (χ2v) is 3.42. The SMILES string of the molecule is CCC#N.CCC#N.CCC(CC)(C(=O)O)C(=O)O. The standard InChI is InChI=1S/C7H12O4.2C3H5N/c1-3-7(4-2,5(8)9)6(10)11;2*1-2-3-4/h3-4H2,1-2H3,(H,8,9)(H,10,11);2*2H2,1H3. The molecule has 0 saturated heterocycles. The third kappa shape index (κ3) is 9.61. The van der Waals surface area contributed by atoms with E-state index in [1.807, 2.05) is 26.0 Å². The number of hydrogen-bond donors (Lipinski definition) is 2. The van der Waals surface area contributed by atoms with Gasteiger partial charge in [0.25, 0.3) is 0 Å². The predicted octanol–water partition coefficient (Wildman–Crippen LogP) is 2.80. The van der Waals surface area contributed by atoms with Crippen molar-refractivity contribution < 1.29 is 19.8 Å². The first-order valence-corrected chi connectivity index (χ1v) is 6.05. The second-order valence-electron chi connectivity index (χ2n) is 3.42. The van der Waals surface area contributed by atoms with Crippen LogP contribution in [0.5, 0.6) is 0 Å².